The zero-order valence-electron chi connectivity index (χ0n) is 12.1. The van der Waals surface area contributed by atoms with Gasteiger partial charge < -0.3 is 10.1 Å². The van der Waals surface area contributed by atoms with Crippen molar-refractivity contribution in [2.24, 2.45) is 5.41 Å². The van der Waals surface area contributed by atoms with Crippen molar-refractivity contribution in [3.8, 4) is 0 Å². The highest BCUT2D eigenvalue weighted by atomic mass is 35.5. The molecule has 0 spiro atoms. The van der Waals surface area contributed by atoms with Gasteiger partial charge in [0.2, 0.25) is 5.91 Å². The number of hydrogen-bond acceptors (Lipinski definition) is 3. The maximum absolute atomic E-state index is 12.4. The largest absolute Gasteiger partial charge is 0.380 e. The first kappa shape index (κ1) is 15.3. The fraction of sp³-hybridized carbons (Fsp3) is 0.533. The van der Waals surface area contributed by atoms with Crippen molar-refractivity contribution in [2.45, 2.75) is 13.0 Å². The number of likely N-dealkylation sites (N-methyl/N-ethyl adjacent to an activating group) is 1. The Balaban J connectivity index is 2.04. The van der Waals surface area contributed by atoms with Crippen molar-refractivity contribution in [3.63, 3.8) is 0 Å². The molecule has 1 atom stereocenters. The summed E-state index contributed by atoms with van der Waals surface area (Å²) in [4.78, 5) is 14.3. The smallest absolute Gasteiger partial charge is 0.241 e. The van der Waals surface area contributed by atoms with Gasteiger partial charge in [-0.25, -0.2) is 0 Å². The topological polar surface area (TPSA) is 41.6 Å². The van der Waals surface area contributed by atoms with E-state index < -0.39 is 0 Å². The van der Waals surface area contributed by atoms with E-state index in [4.69, 9.17) is 16.3 Å². The first-order valence-electron chi connectivity index (χ1n) is 6.69. The van der Waals surface area contributed by atoms with E-state index >= 15 is 0 Å². The van der Waals surface area contributed by atoms with Crippen LogP contribution in [0.15, 0.2) is 24.3 Å². The summed E-state index contributed by atoms with van der Waals surface area (Å²) >= 11 is 5.89. The number of ether oxygens (including phenoxy) is 1. The van der Waals surface area contributed by atoms with E-state index in [9.17, 15) is 4.79 Å². The van der Waals surface area contributed by atoms with E-state index in [0.29, 0.717) is 24.8 Å². The second kappa shape index (κ2) is 6.12. The van der Waals surface area contributed by atoms with Gasteiger partial charge in [0.05, 0.1) is 13.2 Å². The summed E-state index contributed by atoms with van der Waals surface area (Å²) in [5.74, 6) is 0.00504. The minimum Gasteiger partial charge on any atom is -0.380 e. The summed E-state index contributed by atoms with van der Waals surface area (Å²) in [5.41, 5.74) is 1.01. The van der Waals surface area contributed by atoms with Crippen molar-refractivity contribution >= 4 is 17.5 Å². The lowest BCUT2D eigenvalue weighted by Gasteiger charge is -2.38. The molecule has 2 rings (SSSR count). The summed E-state index contributed by atoms with van der Waals surface area (Å²) in [7, 11) is 3.79. The maximum Gasteiger partial charge on any atom is 0.241 e. The van der Waals surface area contributed by atoms with Gasteiger partial charge in [-0.1, -0.05) is 30.7 Å². The Morgan fingerprint density at radius 2 is 2.00 bits per heavy atom. The molecule has 1 aromatic carbocycles. The average Bonchev–Trinajstić information content (AvgIpc) is 2.36. The first-order chi connectivity index (χ1) is 9.41. The van der Waals surface area contributed by atoms with Gasteiger partial charge in [-0.2, -0.15) is 0 Å². The van der Waals surface area contributed by atoms with Crippen LogP contribution in [-0.2, 0) is 9.53 Å². The van der Waals surface area contributed by atoms with Gasteiger partial charge in [-0.3, -0.25) is 9.69 Å². The van der Waals surface area contributed by atoms with Crippen molar-refractivity contribution in [1.29, 1.82) is 0 Å². The Morgan fingerprint density at radius 3 is 2.45 bits per heavy atom. The average molecular weight is 297 g/mol. The van der Waals surface area contributed by atoms with Crippen LogP contribution in [0.25, 0.3) is 0 Å². The predicted molar refractivity (Wildman–Crippen MR) is 79.8 cm³/mol. The number of rotatable bonds is 5. The first-order valence-corrected chi connectivity index (χ1v) is 7.06. The number of amides is 1. The number of carbonyl (C=O) groups is 1. The lowest BCUT2D eigenvalue weighted by Crippen LogP contribution is -2.50. The summed E-state index contributed by atoms with van der Waals surface area (Å²) in [6.07, 6.45) is 0. The van der Waals surface area contributed by atoms with Crippen LogP contribution in [0.5, 0.6) is 0 Å². The molecule has 1 aliphatic heterocycles. The van der Waals surface area contributed by atoms with Crippen molar-refractivity contribution in [2.75, 3.05) is 33.9 Å². The van der Waals surface area contributed by atoms with Crippen LogP contribution in [0, 0.1) is 5.41 Å². The fourth-order valence-electron chi connectivity index (χ4n) is 2.28. The molecule has 0 radical (unpaired) electrons. The Bertz CT molecular complexity index is 469. The molecule has 0 bridgehead atoms. The number of benzene rings is 1. The van der Waals surface area contributed by atoms with E-state index in [2.05, 4.69) is 12.2 Å². The maximum atomic E-state index is 12.4. The van der Waals surface area contributed by atoms with Crippen molar-refractivity contribution < 1.29 is 9.53 Å². The van der Waals surface area contributed by atoms with E-state index in [-0.39, 0.29) is 17.4 Å². The third-order valence-electron chi connectivity index (χ3n) is 3.54. The lowest BCUT2D eigenvalue weighted by molar-refractivity contribution is -0.131. The van der Waals surface area contributed by atoms with Crippen LogP contribution in [0.2, 0.25) is 5.02 Å². The van der Waals surface area contributed by atoms with E-state index in [1.165, 1.54) is 0 Å². The van der Waals surface area contributed by atoms with Crippen molar-refractivity contribution in [1.82, 2.24) is 10.2 Å². The third-order valence-corrected chi connectivity index (χ3v) is 3.79. The molecule has 110 valence electrons. The molecule has 1 aliphatic rings. The summed E-state index contributed by atoms with van der Waals surface area (Å²) in [5, 5.41) is 3.70. The molecule has 5 heteroatoms. The molecule has 1 aromatic rings. The third kappa shape index (κ3) is 3.51. The van der Waals surface area contributed by atoms with Gasteiger partial charge in [0.15, 0.2) is 0 Å². The number of halogens is 1. The monoisotopic (exact) mass is 296 g/mol. The molecule has 1 saturated heterocycles. The Kier molecular flexibility index (Phi) is 4.68. The highest BCUT2D eigenvalue weighted by Gasteiger charge is 2.34. The van der Waals surface area contributed by atoms with Crippen LogP contribution in [-0.4, -0.2) is 44.7 Å². The Morgan fingerprint density at radius 1 is 1.40 bits per heavy atom. The molecule has 0 saturated carbocycles. The molecule has 1 N–H and O–H groups in total. The van der Waals surface area contributed by atoms with Gasteiger partial charge in [0.25, 0.3) is 0 Å². The van der Waals surface area contributed by atoms with Crippen LogP contribution >= 0.6 is 11.6 Å². The molecule has 1 amide bonds. The summed E-state index contributed by atoms with van der Waals surface area (Å²) < 4.78 is 5.20. The van der Waals surface area contributed by atoms with Gasteiger partial charge >= 0.3 is 0 Å². The SMILES string of the molecule is CN(C)[C@@H](C(=O)NCC1(C)COC1)c1ccc(Cl)cc1. The normalized spacial score (nSPS) is 18.4. The van der Waals surface area contributed by atoms with Crippen LogP contribution in [0.3, 0.4) is 0 Å². The molecule has 20 heavy (non-hydrogen) atoms. The van der Waals surface area contributed by atoms with Crippen LogP contribution < -0.4 is 5.32 Å². The van der Waals surface area contributed by atoms with Crippen molar-refractivity contribution in [3.05, 3.63) is 34.9 Å². The van der Waals surface area contributed by atoms with Gasteiger partial charge in [0, 0.05) is 17.0 Å². The minimum atomic E-state index is -0.308. The molecule has 1 fully saturated rings. The minimum absolute atomic E-state index is 0.00504. The summed E-state index contributed by atoms with van der Waals surface area (Å²) in [6.45, 7) is 4.18. The highest BCUT2D eigenvalue weighted by Crippen LogP contribution is 2.26. The van der Waals surface area contributed by atoms with Gasteiger partial charge in [-0.15, -0.1) is 0 Å². The Labute approximate surface area is 125 Å². The predicted octanol–water partition coefficient (Wildman–Crippen LogP) is 2.10. The molecule has 4 nitrogen and oxygen atoms in total. The number of nitrogens with one attached hydrogen (secondary N) is 1. The molecule has 0 aromatic heterocycles. The van der Waals surface area contributed by atoms with Crippen LogP contribution in [0.1, 0.15) is 18.5 Å². The molecular weight excluding hydrogens is 276 g/mol. The molecule has 0 aliphatic carbocycles. The number of carbonyl (C=O) groups excluding carboxylic acids is 1. The molecular formula is C15H21ClN2O2. The van der Waals surface area contributed by atoms with Gasteiger partial charge in [-0.05, 0) is 31.8 Å². The number of hydrogen-bond donors (Lipinski definition) is 1. The standard InChI is InChI=1S/C15H21ClN2O2/c1-15(9-20-10-15)8-17-14(19)13(18(2)3)11-4-6-12(16)7-5-11/h4-7,13H,8-10H2,1-3H3,(H,17,19)/t13-/m1/s1. The van der Waals surface area contributed by atoms with E-state index in [1.807, 2.05) is 43.3 Å². The fourth-order valence-corrected chi connectivity index (χ4v) is 2.40. The zero-order valence-corrected chi connectivity index (χ0v) is 12.9. The number of nitrogens with zero attached hydrogens (tertiary/aromatic N) is 1. The zero-order chi connectivity index (χ0) is 14.8. The summed E-state index contributed by atoms with van der Waals surface area (Å²) in [6, 6.07) is 7.09. The van der Waals surface area contributed by atoms with E-state index in [1.54, 1.807) is 0 Å². The van der Waals surface area contributed by atoms with E-state index in [0.717, 1.165) is 5.56 Å². The van der Waals surface area contributed by atoms with Gasteiger partial charge in [0.1, 0.15) is 6.04 Å². The van der Waals surface area contributed by atoms with Crippen LogP contribution in [0.4, 0.5) is 0 Å². The second-order valence-corrected chi connectivity index (χ2v) is 6.38. The lowest BCUT2D eigenvalue weighted by atomic mass is 9.88. The molecule has 0 unspecified atom stereocenters. The Hall–Kier alpha value is -1.10. The highest BCUT2D eigenvalue weighted by molar-refractivity contribution is 6.30. The second-order valence-electron chi connectivity index (χ2n) is 5.94. The molecule has 1 heterocycles. The quantitative estimate of drug-likeness (QED) is 0.905.